The molecule has 0 aromatic carbocycles. The molecule has 3 heteroatoms. The first kappa shape index (κ1) is 12.7. The van der Waals surface area contributed by atoms with Crippen LogP contribution in [0.2, 0.25) is 0 Å². The minimum absolute atomic E-state index is 0.401. The third kappa shape index (κ3) is 3.64. The standard InChI is InChI=1S/C13H26N2S/c1-13(2,16-3)10-15-8-4-7-14-12(9-15)11-5-6-11/h11-12,14H,4-10H2,1-3H3. The van der Waals surface area contributed by atoms with Crippen molar-refractivity contribution >= 4 is 11.8 Å². The van der Waals surface area contributed by atoms with Crippen molar-refractivity contribution in [2.24, 2.45) is 5.92 Å². The van der Waals surface area contributed by atoms with Gasteiger partial charge in [0.1, 0.15) is 0 Å². The van der Waals surface area contributed by atoms with Crippen LogP contribution >= 0.6 is 11.8 Å². The van der Waals surface area contributed by atoms with Gasteiger partial charge in [0.15, 0.2) is 0 Å². The SMILES string of the molecule is CSC(C)(C)CN1CCCNC(C2CC2)C1. The molecule has 2 rings (SSSR count). The summed E-state index contributed by atoms with van der Waals surface area (Å²) in [5.41, 5.74) is 0. The van der Waals surface area contributed by atoms with Crippen molar-refractivity contribution in [1.29, 1.82) is 0 Å². The number of thioether (sulfide) groups is 1. The van der Waals surface area contributed by atoms with Crippen LogP contribution in [0.25, 0.3) is 0 Å². The molecular weight excluding hydrogens is 216 g/mol. The molecule has 1 atom stereocenters. The highest BCUT2D eigenvalue weighted by Crippen LogP contribution is 2.34. The van der Waals surface area contributed by atoms with Crippen LogP contribution in [0.4, 0.5) is 0 Å². The summed E-state index contributed by atoms with van der Waals surface area (Å²) in [6.45, 7) is 9.73. The largest absolute Gasteiger partial charge is 0.312 e. The first-order valence-electron chi connectivity index (χ1n) is 6.61. The Bertz CT molecular complexity index is 226. The maximum Gasteiger partial charge on any atom is 0.0227 e. The van der Waals surface area contributed by atoms with Crippen LogP contribution in [0.1, 0.15) is 33.1 Å². The summed E-state index contributed by atoms with van der Waals surface area (Å²) in [7, 11) is 0. The second kappa shape index (κ2) is 5.28. The summed E-state index contributed by atoms with van der Waals surface area (Å²) < 4.78 is 0.401. The van der Waals surface area contributed by atoms with Gasteiger partial charge in [-0.15, -0.1) is 0 Å². The van der Waals surface area contributed by atoms with Crippen LogP contribution in [-0.2, 0) is 0 Å². The second-order valence-corrected chi connectivity index (χ2v) is 7.46. The van der Waals surface area contributed by atoms with E-state index in [2.05, 4.69) is 30.3 Å². The molecule has 2 aliphatic rings. The third-order valence-electron chi connectivity index (χ3n) is 3.86. The molecule has 1 aliphatic heterocycles. The molecular formula is C13H26N2S. The molecule has 94 valence electrons. The molecule has 1 unspecified atom stereocenters. The van der Waals surface area contributed by atoms with Crippen LogP contribution in [-0.4, -0.2) is 48.1 Å². The van der Waals surface area contributed by atoms with Gasteiger partial charge in [-0.1, -0.05) is 0 Å². The zero-order valence-corrected chi connectivity index (χ0v) is 11.8. The lowest BCUT2D eigenvalue weighted by Gasteiger charge is -2.32. The predicted octanol–water partition coefficient (Wildman–Crippen LogP) is 2.20. The average molecular weight is 242 g/mol. The summed E-state index contributed by atoms with van der Waals surface area (Å²) in [5, 5.41) is 3.73. The lowest BCUT2D eigenvalue weighted by atomic mass is 10.1. The van der Waals surface area contributed by atoms with Crippen molar-refractivity contribution < 1.29 is 0 Å². The molecule has 2 fully saturated rings. The van der Waals surface area contributed by atoms with Gasteiger partial charge >= 0.3 is 0 Å². The van der Waals surface area contributed by atoms with Gasteiger partial charge < -0.3 is 10.2 Å². The Hall–Kier alpha value is 0.270. The Morgan fingerprint density at radius 3 is 2.75 bits per heavy atom. The Balaban J connectivity index is 1.87. The van der Waals surface area contributed by atoms with Gasteiger partial charge in [-0.2, -0.15) is 11.8 Å². The Morgan fingerprint density at radius 2 is 2.12 bits per heavy atom. The molecule has 2 nitrogen and oxygen atoms in total. The molecule has 0 aromatic rings. The minimum atomic E-state index is 0.401. The molecule has 0 aromatic heterocycles. The first-order valence-corrected chi connectivity index (χ1v) is 7.84. The zero-order chi connectivity index (χ0) is 11.6. The van der Waals surface area contributed by atoms with Crippen molar-refractivity contribution in [3.63, 3.8) is 0 Å². The number of hydrogen-bond donors (Lipinski definition) is 1. The fourth-order valence-corrected chi connectivity index (χ4v) is 2.90. The van der Waals surface area contributed by atoms with Gasteiger partial charge in [0.25, 0.3) is 0 Å². The van der Waals surface area contributed by atoms with E-state index in [4.69, 9.17) is 0 Å². The third-order valence-corrected chi connectivity index (χ3v) is 5.09. The summed E-state index contributed by atoms with van der Waals surface area (Å²) in [6.07, 6.45) is 6.46. The fraction of sp³-hybridized carbons (Fsp3) is 1.00. The lowest BCUT2D eigenvalue weighted by molar-refractivity contribution is 0.243. The molecule has 1 N–H and O–H groups in total. The van der Waals surface area contributed by atoms with Crippen LogP contribution in [0, 0.1) is 5.92 Å². The molecule has 1 aliphatic carbocycles. The van der Waals surface area contributed by atoms with Gasteiger partial charge in [0, 0.05) is 23.9 Å². The molecule has 0 radical (unpaired) electrons. The number of hydrogen-bond acceptors (Lipinski definition) is 3. The maximum atomic E-state index is 3.73. The Kier molecular flexibility index (Phi) is 4.20. The van der Waals surface area contributed by atoms with Crippen molar-refractivity contribution in [2.75, 3.05) is 32.4 Å². The molecule has 0 spiro atoms. The van der Waals surface area contributed by atoms with Gasteiger partial charge in [-0.3, -0.25) is 0 Å². The monoisotopic (exact) mass is 242 g/mol. The van der Waals surface area contributed by atoms with Crippen molar-refractivity contribution in [3.05, 3.63) is 0 Å². The smallest absolute Gasteiger partial charge is 0.0227 e. The van der Waals surface area contributed by atoms with E-state index >= 15 is 0 Å². The summed E-state index contributed by atoms with van der Waals surface area (Å²) in [6, 6.07) is 0.778. The molecule has 1 saturated carbocycles. The maximum absolute atomic E-state index is 3.73. The fourth-order valence-electron chi connectivity index (χ4n) is 2.59. The van der Waals surface area contributed by atoms with E-state index in [9.17, 15) is 0 Å². The summed E-state index contributed by atoms with van der Waals surface area (Å²) >= 11 is 1.99. The van der Waals surface area contributed by atoms with Crippen LogP contribution in [0.5, 0.6) is 0 Å². The molecule has 16 heavy (non-hydrogen) atoms. The number of nitrogens with one attached hydrogen (secondary N) is 1. The number of rotatable bonds is 4. The van der Waals surface area contributed by atoms with Gasteiger partial charge in [-0.05, 0) is 58.4 Å². The highest BCUT2D eigenvalue weighted by Gasteiger charge is 2.34. The Labute approximate surface area is 105 Å². The normalized spacial score (nSPS) is 29.1. The first-order chi connectivity index (χ1) is 7.61. The van der Waals surface area contributed by atoms with Crippen molar-refractivity contribution in [2.45, 2.75) is 43.9 Å². The molecule has 1 saturated heterocycles. The van der Waals surface area contributed by atoms with E-state index in [0.29, 0.717) is 4.75 Å². The van der Waals surface area contributed by atoms with Gasteiger partial charge in [0.05, 0.1) is 0 Å². The van der Waals surface area contributed by atoms with E-state index in [1.165, 1.54) is 45.4 Å². The number of nitrogens with zero attached hydrogens (tertiary/aromatic N) is 1. The summed E-state index contributed by atoms with van der Waals surface area (Å²) in [4.78, 5) is 2.68. The second-order valence-electron chi connectivity index (χ2n) is 5.95. The van der Waals surface area contributed by atoms with Gasteiger partial charge in [0.2, 0.25) is 0 Å². The Morgan fingerprint density at radius 1 is 1.38 bits per heavy atom. The molecule has 1 heterocycles. The average Bonchev–Trinajstić information content (AvgIpc) is 3.02. The lowest BCUT2D eigenvalue weighted by Crippen LogP contribution is -2.43. The van der Waals surface area contributed by atoms with E-state index in [1.807, 2.05) is 11.8 Å². The quantitative estimate of drug-likeness (QED) is 0.814. The van der Waals surface area contributed by atoms with E-state index in [1.54, 1.807) is 0 Å². The van der Waals surface area contributed by atoms with Crippen LogP contribution < -0.4 is 5.32 Å². The predicted molar refractivity (Wildman–Crippen MR) is 73.2 cm³/mol. The van der Waals surface area contributed by atoms with Crippen LogP contribution in [0.15, 0.2) is 0 Å². The van der Waals surface area contributed by atoms with E-state index in [-0.39, 0.29) is 0 Å². The van der Waals surface area contributed by atoms with E-state index < -0.39 is 0 Å². The minimum Gasteiger partial charge on any atom is -0.312 e. The molecule has 0 bridgehead atoms. The highest BCUT2D eigenvalue weighted by molar-refractivity contribution is 7.99. The van der Waals surface area contributed by atoms with Crippen molar-refractivity contribution in [3.8, 4) is 0 Å². The van der Waals surface area contributed by atoms with Crippen LogP contribution in [0.3, 0.4) is 0 Å². The van der Waals surface area contributed by atoms with Crippen molar-refractivity contribution in [1.82, 2.24) is 10.2 Å². The molecule has 0 amide bonds. The topological polar surface area (TPSA) is 15.3 Å². The summed E-state index contributed by atoms with van der Waals surface area (Å²) in [5.74, 6) is 0.984. The highest BCUT2D eigenvalue weighted by atomic mass is 32.2. The zero-order valence-electron chi connectivity index (χ0n) is 11.0. The van der Waals surface area contributed by atoms with E-state index in [0.717, 1.165) is 12.0 Å². The van der Waals surface area contributed by atoms with Gasteiger partial charge in [-0.25, -0.2) is 0 Å².